The summed E-state index contributed by atoms with van der Waals surface area (Å²) in [6.45, 7) is 8.16. The van der Waals surface area contributed by atoms with Crippen molar-refractivity contribution in [3.8, 4) is 0 Å². The molecule has 0 saturated heterocycles. The van der Waals surface area contributed by atoms with Gasteiger partial charge in [0.25, 0.3) is 0 Å². The van der Waals surface area contributed by atoms with Crippen molar-refractivity contribution >= 4 is 44.4 Å². The summed E-state index contributed by atoms with van der Waals surface area (Å²) in [4.78, 5) is 14.1. The van der Waals surface area contributed by atoms with E-state index >= 15 is 0 Å². The minimum atomic E-state index is -0.489. The third-order valence-corrected chi connectivity index (χ3v) is 6.18. The first kappa shape index (κ1) is 20.8. The minimum Gasteiger partial charge on any atom is -0.394 e. The zero-order valence-electron chi connectivity index (χ0n) is 16.7. The second-order valence-electron chi connectivity index (χ2n) is 7.42. The van der Waals surface area contributed by atoms with Crippen LogP contribution in [0.1, 0.15) is 39.7 Å². The molecule has 3 N–H and O–H groups in total. The van der Waals surface area contributed by atoms with E-state index in [1.807, 2.05) is 32.0 Å². The summed E-state index contributed by atoms with van der Waals surface area (Å²) in [5.41, 5.74) is 1.41. The van der Waals surface area contributed by atoms with Gasteiger partial charge in [0.15, 0.2) is 21.8 Å². The molecule has 1 aromatic carbocycles. The number of rotatable bonds is 9. The molecule has 0 bridgehead atoms. The Hall–Kier alpha value is -1.90. The molecule has 8 heteroatoms. The fraction of sp³-hybridized carbons (Fsp3) is 0.450. The van der Waals surface area contributed by atoms with Gasteiger partial charge < -0.3 is 15.7 Å². The zero-order chi connectivity index (χ0) is 20.1. The predicted molar refractivity (Wildman–Crippen MR) is 119 cm³/mol. The van der Waals surface area contributed by atoms with Crippen molar-refractivity contribution in [2.75, 3.05) is 17.2 Å². The largest absolute Gasteiger partial charge is 0.394 e. The Morgan fingerprint density at radius 2 is 1.93 bits per heavy atom. The molecule has 3 rings (SSSR count). The van der Waals surface area contributed by atoms with Crippen LogP contribution in [0.25, 0.3) is 10.3 Å². The van der Waals surface area contributed by atoms with Gasteiger partial charge >= 0.3 is 0 Å². The van der Waals surface area contributed by atoms with Crippen molar-refractivity contribution in [2.45, 2.75) is 56.6 Å². The van der Waals surface area contributed by atoms with Gasteiger partial charge in [-0.25, -0.2) is 9.97 Å². The van der Waals surface area contributed by atoms with Crippen LogP contribution in [0.15, 0.2) is 35.5 Å². The van der Waals surface area contributed by atoms with E-state index in [-0.39, 0.29) is 6.61 Å². The highest BCUT2D eigenvalue weighted by molar-refractivity contribution is 7.98. The van der Waals surface area contributed by atoms with Crippen LogP contribution in [-0.2, 0) is 5.75 Å². The molecule has 2 aromatic heterocycles. The number of hydrogen-bond donors (Lipinski definition) is 3. The van der Waals surface area contributed by atoms with Gasteiger partial charge in [0, 0.05) is 11.8 Å². The molecule has 6 nitrogen and oxygen atoms in total. The standard InChI is InChI=1S/C20H27N5OS2/c1-5-13(2)21-19-23-16-15(28-19)17(25-20(3,4)12-26)24-18(22-16)27-11-14-9-7-6-8-10-14/h6-10,13,26H,5,11-12H2,1-4H3,(H2,21,22,23,24,25). The summed E-state index contributed by atoms with van der Waals surface area (Å²) in [7, 11) is 0. The second-order valence-corrected chi connectivity index (χ2v) is 9.36. The highest BCUT2D eigenvalue weighted by Gasteiger charge is 2.21. The molecule has 0 aliphatic heterocycles. The van der Waals surface area contributed by atoms with Crippen LogP contribution in [0, 0.1) is 0 Å². The Bertz CT molecular complexity index is 914. The highest BCUT2D eigenvalue weighted by Crippen LogP contribution is 2.34. The number of fused-ring (bicyclic) bond motifs is 1. The first-order chi connectivity index (χ1) is 13.4. The van der Waals surface area contributed by atoms with E-state index in [1.165, 1.54) is 5.56 Å². The number of anilines is 2. The van der Waals surface area contributed by atoms with Crippen molar-refractivity contribution in [3.63, 3.8) is 0 Å². The second kappa shape index (κ2) is 9.07. The van der Waals surface area contributed by atoms with Crippen molar-refractivity contribution in [1.82, 2.24) is 15.0 Å². The number of aliphatic hydroxyl groups excluding tert-OH is 1. The average molecular weight is 418 g/mol. The van der Waals surface area contributed by atoms with Crippen molar-refractivity contribution < 1.29 is 5.11 Å². The van der Waals surface area contributed by atoms with Gasteiger partial charge in [0.2, 0.25) is 0 Å². The Labute approximate surface area is 174 Å². The predicted octanol–water partition coefficient (Wildman–Crippen LogP) is 4.77. The number of thioether (sulfide) groups is 1. The lowest BCUT2D eigenvalue weighted by Crippen LogP contribution is -2.35. The first-order valence-corrected chi connectivity index (χ1v) is 11.2. The number of aliphatic hydroxyl groups is 1. The zero-order valence-corrected chi connectivity index (χ0v) is 18.3. The maximum Gasteiger partial charge on any atom is 0.191 e. The van der Waals surface area contributed by atoms with Crippen LogP contribution in [-0.4, -0.2) is 38.2 Å². The molecule has 0 aliphatic rings. The first-order valence-electron chi connectivity index (χ1n) is 9.41. The summed E-state index contributed by atoms with van der Waals surface area (Å²) in [5.74, 6) is 1.51. The van der Waals surface area contributed by atoms with E-state index in [4.69, 9.17) is 4.98 Å². The Kier molecular flexibility index (Phi) is 6.74. The third-order valence-electron chi connectivity index (χ3n) is 4.28. The SMILES string of the molecule is CCC(C)Nc1nc2nc(SCc3ccccc3)nc(NC(C)(C)CO)c2s1. The lowest BCUT2D eigenvalue weighted by molar-refractivity contribution is 0.234. The van der Waals surface area contributed by atoms with Crippen LogP contribution in [0.5, 0.6) is 0 Å². The Balaban J connectivity index is 1.92. The number of nitrogens with one attached hydrogen (secondary N) is 2. The van der Waals surface area contributed by atoms with Gasteiger partial charge in [-0.1, -0.05) is 60.4 Å². The van der Waals surface area contributed by atoms with Gasteiger partial charge in [-0.15, -0.1) is 0 Å². The molecule has 2 heterocycles. The molecule has 150 valence electrons. The van der Waals surface area contributed by atoms with Gasteiger partial charge in [0.05, 0.1) is 12.1 Å². The molecule has 0 spiro atoms. The monoisotopic (exact) mass is 417 g/mol. The fourth-order valence-electron chi connectivity index (χ4n) is 2.41. The maximum atomic E-state index is 9.67. The van der Waals surface area contributed by atoms with Gasteiger partial charge in [-0.05, 0) is 32.8 Å². The molecule has 3 aromatic rings. The number of benzene rings is 1. The Morgan fingerprint density at radius 3 is 2.61 bits per heavy atom. The quantitative estimate of drug-likeness (QED) is 0.342. The Morgan fingerprint density at radius 1 is 1.18 bits per heavy atom. The van der Waals surface area contributed by atoms with Crippen LogP contribution >= 0.6 is 23.1 Å². The highest BCUT2D eigenvalue weighted by atomic mass is 32.2. The smallest absolute Gasteiger partial charge is 0.191 e. The van der Waals surface area contributed by atoms with Gasteiger partial charge in [-0.3, -0.25) is 0 Å². The molecule has 0 amide bonds. The summed E-state index contributed by atoms with van der Waals surface area (Å²) in [6.07, 6.45) is 1.02. The van der Waals surface area contributed by atoms with E-state index in [0.29, 0.717) is 22.7 Å². The summed E-state index contributed by atoms with van der Waals surface area (Å²) in [6, 6.07) is 10.6. The van der Waals surface area contributed by atoms with Crippen molar-refractivity contribution in [2.24, 2.45) is 0 Å². The molecular formula is C20H27N5OS2. The van der Waals surface area contributed by atoms with Gasteiger partial charge in [-0.2, -0.15) is 4.98 Å². The molecule has 1 unspecified atom stereocenters. The summed E-state index contributed by atoms with van der Waals surface area (Å²) in [5, 5.41) is 18.0. The molecular weight excluding hydrogens is 390 g/mol. The number of hydrogen-bond acceptors (Lipinski definition) is 8. The van der Waals surface area contributed by atoms with Crippen LogP contribution in [0.3, 0.4) is 0 Å². The summed E-state index contributed by atoms with van der Waals surface area (Å²) >= 11 is 3.12. The molecule has 1 atom stereocenters. The molecule has 28 heavy (non-hydrogen) atoms. The number of thiazole rings is 1. The van der Waals surface area contributed by atoms with Gasteiger partial charge in [0.1, 0.15) is 4.70 Å². The lowest BCUT2D eigenvalue weighted by Gasteiger charge is -2.24. The van der Waals surface area contributed by atoms with E-state index in [1.54, 1.807) is 23.1 Å². The van der Waals surface area contributed by atoms with E-state index in [0.717, 1.165) is 22.0 Å². The minimum absolute atomic E-state index is 0.00175. The maximum absolute atomic E-state index is 9.67. The normalized spacial score (nSPS) is 12.9. The van der Waals surface area contributed by atoms with Crippen LogP contribution < -0.4 is 10.6 Å². The van der Waals surface area contributed by atoms with E-state index < -0.39 is 5.54 Å². The van der Waals surface area contributed by atoms with Crippen molar-refractivity contribution in [1.29, 1.82) is 0 Å². The lowest BCUT2D eigenvalue weighted by atomic mass is 10.1. The number of nitrogens with zero attached hydrogens (tertiary/aromatic N) is 3. The average Bonchev–Trinajstić information content (AvgIpc) is 3.09. The molecule has 0 fully saturated rings. The molecule has 0 radical (unpaired) electrons. The topological polar surface area (TPSA) is 83.0 Å². The van der Waals surface area contributed by atoms with Crippen molar-refractivity contribution in [3.05, 3.63) is 35.9 Å². The summed E-state index contributed by atoms with van der Waals surface area (Å²) < 4.78 is 0.899. The third kappa shape index (κ3) is 5.33. The van der Waals surface area contributed by atoms with E-state index in [2.05, 4.69) is 46.6 Å². The number of aromatic nitrogens is 3. The molecule has 0 aliphatic carbocycles. The van der Waals surface area contributed by atoms with E-state index in [9.17, 15) is 5.11 Å². The van der Waals surface area contributed by atoms with Crippen LogP contribution in [0.4, 0.5) is 10.9 Å². The molecule has 0 saturated carbocycles. The fourth-order valence-corrected chi connectivity index (χ4v) is 4.17. The van der Waals surface area contributed by atoms with Crippen LogP contribution in [0.2, 0.25) is 0 Å².